The highest BCUT2D eigenvalue weighted by molar-refractivity contribution is 5.81. The van der Waals surface area contributed by atoms with Gasteiger partial charge >= 0.3 is 18.2 Å². The number of carbonyl (C=O) groups is 2. The summed E-state index contributed by atoms with van der Waals surface area (Å²) in [6.07, 6.45) is -1.09. The molecule has 1 aromatic rings. The van der Waals surface area contributed by atoms with Crippen LogP contribution in [0.1, 0.15) is 37.7 Å². The maximum atomic E-state index is 12.1. The Morgan fingerprint density at radius 1 is 1.03 bits per heavy atom. The van der Waals surface area contributed by atoms with Crippen molar-refractivity contribution in [3.05, 3.63) is 35.9 Å². The largest absolute Gasteiger partial charge is 0.471 e. The van der Waals surface area contributed by atoms with Crippen LogP contribution >= 0.6 is 0 Å². The molecule has 1 aromatic carbocycles. The standard InChI is InChI=1S/C20H27F3N2O5/c21-20(22,23)17(26)24-11-12-28-15-30-19(9-5-2-6-10-19)14-25-18(27)29-13-16-7-3-1-4-8-16/h1,3-4,7-8H,2,5-6,9-15H2,(H,24,26)(H,25,27). The Labute approximate surface area is 173 Å². The number of alkyl carbamates (subject to hydrolysis) is 1. The van der Waals surface area contributed by atoms with Gasteiger partial charge in [0.05, 0.1) is 18.8 Å². The summed E-state index contributed by atoms with van der Waals surface area (Å²) in [5, 5.41) is 4.44. The summed E-state index contributed by atoms with van der Waals surface area (Å²) < 4.78 is 52.5. The second-order valence-electron chi connectivity index (χ2n) is 7.08. The molecule has 0 aliphatic heterocycles. The molecule has 0 unspecified atom stereocenters. The number of hydrogen-bond donors (Lipinski definition) is 2. The molecule has 168 valence electrons. The maximum absolute atomic E-state index is 12.1. The first-order chi connectivity index (χ1) is 14.3. The fourth-order valence-corrected chi connectivity index (χ4v) is 3.14. The molecule has 1 fully saturated rings. The lowest BCUT2D eigenvalue weighted by atomic mass is 9.84. The molecular formula is C20H27F3N2O5. The third kappa shape index (κ3) is 8.58. The average Bonchev–Trinajstić information content (AvgIpc) is 2.74. The number of hydrogen-bond acceptors (Lipinski definition) is 5. The third-order valence-corrected chi connectivity index (χ3v) is 4.77. The van der Waals surface area contributed by atoms with Crippen LogP contribution in [-0.2, 0) is 25.6 Å². The van der Waals surface area contributed by atoms with Crippen molar-refractivity contribution in [3.63, 3.8) is 0 Å². The Balaban J connectivity index is 1.69. The lowest BCUT2D eigenvalue weighted by Gasteiger charge is -2.37. The molecule has 10 heteroatoms. The highest BCUT2D eigenvalue weighted by Crippen LogP contribution is 2.31. The van der Waals surface area contributed by atoms with E-state index in [4.69, 9.17) is 14.2 Å². The van der Waals surface area contributed by atoms with Crippen LogP contribution in [0.3, 0.4) is 0 Å². The van der Waals surface area contributed by atoms with Crippen molar-refractivity contribution in [2.24, 2.45) is 0 Å². The van der Waals surface area contributed by atoms with Gasteiger partial charge in [0.25, 0.3) is 0 Å². The Morgan fingerprint density at radius 3 is 2.40 bits per heavy atom. The zero-order valence-corrected chi connectivity index (χ0v) is 16.6. The molecule has 2 N–H and O–H groups in total. The van der Waals surface area contributed by atoms with E-state index in [9.17, 15) is 22.8 Å². The van der Waals surface area contributed by atoms with E-state index in [0.29, 0.717) is 0 Å². The van der Waals surface area contributed by atoms with Crippen LogP contribution in [0, 0.1) is 0 Å². The summed E-state index contributed by atoms with van der Waals surface area (Å²) in [7, 11) is 0. The number of nitrogens with one attached hydrogen (secondary N) is 2. The molecule has 1 saturated carbocycles. The van der Waals surface area contributed by atoms with Crippen molar-refractivity contribution >= 4 is 12.0 Å². The minimum Gasteiger partial charge on any atom is -0.445 e. The molecule has 0 bridgehead atoms. The number of amides is 2. The van der Waals surface area contributed by atoms with Crippen LogP contribution in [0.4, 0.5) is 18.0 Å². The predicted octanol–water partition coefficient (Wildman–Crippen LogP) is 3.28. The lowest BCUT2D eigenvalue weighted by molar-refractivity contribution is -0.174. The summed E-state index contributed by atoms with van der Waals surface area (Å²) in [5.74, 6) is -2.01. The summed E-state index contributed by atoms with van der Waals surface area (Å²) in [4.78, 5) is 22.7. The number of carbonyl (C=O) groups excluding carboxylic acids is 2. The number of benzene rings is 1. The highest BCUT2D eigenvalue weighted by Gasteiger charge is 2.38. The van der Waals surface area contributed by atoms with Crippen LogP contribution in [0.25, 0.3) is 0 Å². The normalized spacial score (nSPS) is 16.0. The van der Waals surface area contributed by atoms with Gasteiger partial charge in [-0.3, -0.25) is 4.79 Å². The predicted molar refractivity (Wildman–Crippen MR) is 101 cm³/mol. The minimum atomic E-state index is -4.91. The Bertz CT molecular complexity index is 664. The molecule has 0 saturated heterocycles. The van der Waals surface area contributed by atoms with E-state index in [1.165, 1.54) is 0 Å². The molecule has 2 rings (SSSR count). The van der Waals surface area contributed by atoms with Gasteiger partial charge in [-0.05, 0) is 18.4 Å². The smallest absolute Gasteiger partial charge is 0.445 e. The van der Waals surface area contributed by atoms with E-state index in [2.05, 4.69) is 5.32 Å². The average molecular weight is 432 g/mol. The Hall–Kier alpha value is -2.33. The molecule has 0 atom stereocenters. The number of halogens is 3. The summed E-state index contributed by atoms with van der Waals surface area (Å²) in [5.41, 5.74) is 0.265. The van der Waals surface area contributed by atoms with Crippen LogP contribution in [0.5, 0.6) is 0 Å². The molecule has 1 aliphatic rings. The molecule has 0 spiro atoms. The van der Waals surface area contributed by atoms with Gasteiger partial charge in [0.15, 0.2) is 0 Å². The SMILES string of the molecule is O=C(NCC1(OCOCCNC(=O)C(F)(F)F)CCCCC1)OCc1ccccc1. The fraction of sp³-hybridized carbons (Fsp3) is 0.600. The van der Waals surface area contributed by atoms with Crippen molar-refractivity contribution < 1.29 is 37.0 Å². The minimum absolute atomic E-state index is 0.121. The molecule has 30 heavy (non-hydrogen) atoms. The van der Waals surface area contributed by atoms with Gasteiger partial charge in [-0.25, -0.2) is 4.79 Å². The third-order valence-electron chi connectivity index (χ3n) is 4.77. The van der Waals surface area contributed by atoms with Crippen molar-refractivity contribution in [2.75, 3.05) is 26.5 Å². The van der Waals surface area contributed by atoms with Crippen LogP contribution in [0.2, 0.25) is 0 Å². The van der Waals surface area contributed by atoms with E-state index in [1.54, 1.807) is 5.32 Å². The molecule has 0 radical (unpaired) electrons. The van der Waals surface area contributed by atoms with Gasteiger partial charge in [-0.2, -0.15) is 13.2 Å². The van der Waals surface area contributed by atoms with Crippen molar-refractivity contribution in [1.82, 2.24) is 10.6 Å². The van der Waals surface area contributed by atoms with E-state index in [-0.39, 0.29) is 33.1 Å². The van der Waals surface area contributed by atoms with Crippen molar-refractivity contribution in [3.8, 4) is 0 Å². The highest BCUT2D eigenvalue weighted by atomic mass is 19.4. The molecule has 2 amide bonds. The van der Waals surface area contributed by atoms with Crippen molar-refractivity contribution in [1.29, 1.82) is 0 Å². The molecular weight excluding hydrogens is 405 g/mol. The molecule has 0 heterocycles. The Kier molecular flexibility index (Phi) is 9.38. The number of rotatable bonds is 10. The quantitative estimate of drug-likeness (QED) is 0.438. The van der Waals surface area contributed by atoms with E-state index < -0.39 is 23.8 Å². The molecule has 7 nitrogen and oxygen atoms in total. The van der Waals surface area contributed by atoms with E-state index in [1.807, 2.05) is 30.3 Å². The topological polar surface area (TPSA) is 85.9 Å². The second-order valence-corrected chi connectivity index (χ2v) is 7.08. The number of alkyl halides is 3. The van der Waals surface area contributed by atoms with Gasteiger partial charge in [0.2, 0.25) is 0 Å². The molecule has 1 aliphatic carbocycles. The number of ether oxygens (including phenoxy) is 3. The first-order valence-electron chi connectivity index (χ1n) is 9.82. The summed E-state index contributed by atoms with van der Waals surface area (Å²) in [6, 6.07) is 9.30. The van der Waals surface area contributed by atoms with Gasteiger partial charge < -0.3 is 24.8 Å². The zero-order valence-electron chi connectivity index (χ0n) is 16.6. The zero-order chi connectivity index (χ0) is 21.9. The first-order valence-corrected chi connectivity index (χ1v) is 9.82. The van der Waals surface area contributed by atoms with Gasteiger partial charge in [-0.1, -0.05) is 49.6 Å². The fourth-order valence-electron chi connectivity index (χ4n) is 3.14. The van der Waals surface area contributed by atoms with E-state index >= 15 is 0 Å². The van der Waals surface area contributed by atoms with Crippen LogP contribution in [0.15, 0.2) is 30.3 Å². The summed E-state index contributed by atoms with van der Waals surface area (Å²) in [6.45, 7) is -0.145. The molecule has 0 aromatic heterocycles. The van der Waals surface area contributed by atoms with Gasteiger partial charge in [-0.15, -0.1) is 0 Å². The Morgan fingerprint density at radius 2 is 1.73 bits per heavy atom. The van der Waals surface area contributed by atoms with Gasteiger partial charge in [0, 0.05) is 6.54 Å². The van der Waals surface area contributed by atoms with Crippen LogP contribution in [-0.4, -0.2) is 50.3 Å². The monoisotopic (exact) mass is 432 g/mol. The summed E-state index contributed by atoms with van der Waals surface area (Å²) >= 11 is 0. The van der Waals surface area contributed by atoms with Crippen LogP contribution < -0.4 is 10.6 Å². The first kappa shape index (κ1) is 23.9. The maximum Gasteiger partial charge on any atom is 0.471 e. The van der Waals surface area contributed by atoms with Crippen molar-refractivity contribution in [2.45, 2.75) is 50.5 Å². The second kappa shape index (κ2) is 11.8. The van der Waals surface area contributed by atoms with E-state index in [0.717, 1.165) is 37.7 Å². The van der Waals surface area contributed by atoms with Gasteiger partial charge in [0.1, 0.15) is 13.4 Å². The lowest BCUT2D eigenvalue weighted by Crippen LogP contribution is -2.47.